The number of nitrogens with two attached hydrogens (primary N) is 1. The molecule has 1 amide bonds. The highest BCUT2D eigenvalue weighted by Crippen LogP contribution is 2.34. The van der Waals surface area contributed by atoms with E-state index in [-0.39, 0.29) is 12.5 Å². The summed E-state index contributed by atoms with van der Waals surface area (Å²) in [5.41, 5.74) is 6.21. The van der Waals surface area contributed by atoms with Gasteiger partial charge in [0.2, 0.25) is 5.91 Å². The molecule has 4 nitrogen and oxygen atoms in total. The summed E-state index contributed by atoms with van der Waals surface area (Å²) in [5.74, 6) is 0.413. The van der Waals surface area contributed by atoms with Crippen molar-refractivity contribution in [2.24, 2.45) is 5.73 Å². The van der Waals surface area contributed by atoms with Crippen LogP contribution in [0.3, 0.4) is 0 Å². The summed E-state index contributed by atoms with van der Waals surface area (Å²) in [6.45, 7) is 0.196. The van der Waals surface area contributed by atoms with Gasteiger partial charge in [-0.1, -0.05) is 6.07 Å². The van der Waals surface area contributed by atoms with Gasteiger partial charge in [0.15, 0.2) is 5.75 Å². The fourth-order valence-corrected chi connectivity index (χ4v) is 1.71. The zero-order chi connectivity index (χ0) is 10.1. The lowest BCUT2D eigenvalue weighted by Gasteiger charge is -2.07. The van der Waals surface area contributed by atoms with Gasteiger partial charge in [0.1, 0.15) is 12.6 Å². The van der Waals surface area contributed by atoms with Crippen LogP contribution in [-0.4, -0.2) is 18.6 Å². The molecule has 2 rings (SSSR count). The van der Waals surface area contributed by atoms with E-state index in [1.807, 2.05) is 12.1 Å². The molecule has 0 fully saturated rings. The molecule has 0 aromatic heterocycles. The van der Waals surface area contributed by atoms with E-state index in [1.165, 1.54) is 0 Å². The number of anilines is 1. The molecule has 1 aromatic carbocycles. The zero-order valence-electron chi connectivity index (χ0n) is 7.29. The summed E-state index contributed by atoms with van der Waals surface area (Å²) in [6.07, 6.45) is 0. The van der Waals surface area contributed by atoms with Crippen molar-refractivity contribution < 1.29 is 9.53 Å². The highest BCUT2D eigenvalue weighted by atomic mass is 79.9. The van der Waals surface area contributed by atoms with Gasteiger partial charge in [0, 0.05) is 0 Å². The summed E-state index contributed by atoms with van der Waals surface area (Å²) in [6, 6.07) is 4.83. The SMILES string of the molecule is NC1COc2c(Br)cccc2NC1=O. The van der Waals surface area contributed by atoms with Crippen molar-refractivity contribution in [1.29, 1.82) is 0 Å². The Bertz CT molecular complexity index is 381. The van der Waals surface area contributed by atoms with Crippen molar-refractivity contribution in [2.45, 2.75) is 6.04 Å². The molecule has 0 spiro atoms. The molecule has 1 heterocycles. The number of carbonyl (C=O) groups excluding carboxylic acids is 1. The summed E-state index contributed by atoms with van der Waals surface area (Å²) < 4.78 is 6.22. The summed E-state index contributed by atoms with van der Waals surface area (Å²) in [5, 5.41) is 2.69. The van der Waals surface area contributed by atoms with E-state index in [2.05, 4.69) is 21.2 Å². The summed E-state index contributed by atoms with van der Waals surface area (Å²) in [4.78, 5) is 11.4. The minimum atomic E-state index is -0.616. The fourth-order valence-electron chi connectivity index (χ4n) is 1.23. The Balaban J connectivity index is 2.42. The number of halogens is 1. The highest BCUT2D eigenvalue weighted by molar-refractivity contribution is 9.10. The molecule has 0 bridgehead atoms. The van der Waals surface area contributed by atoms with Gasteiger partial charge in [-0.3, -0.25) is 4.79 Å². The highest BCUT2D eigenvalue weighted by Gasteiger charge is 2.22. The first-order valence-corrected chi connectivity index (χ1v) is 4.95. The quantitative estimate of drug-likeness (QED) is 0.731. The Labute approximate surface area is 89.6 Å². The Kier molecular flexibility index (Phi) is 2.43. The maximum atomic E-state index is 11.4. The van der Waals surface area contributed by atoms with Crippen molar-refractivity contribution in [3.8, 4) is 5.75 Å². The minimum absolute atomic E-state index is 0.196. The molecule has 1 unspecified atom stereocenters. The number of rotatable bonds is 0. The second-order valence-electron chi connectivity index (χ2n) is 3.02. The van der Waals surface area contributed by atoms with E-state index in [4.69, 9.17) is 10.5 Å². The molecule has 0 radical (unpaired) electrons. The number of ether oxygens (including phenoxy) is 1. The van der Waals surface area contributed by atoms with Crippen LogP contribution in [-0.2, 0) is 4.79 Å². The molecular weight excluding hydrogens is 248 g/mol. The van der Waals surface area contributed by atoms with Gasteiger partial charge in [-0.05, 0) is 28.1 Å². The predicted octanol–water partition coefficient (Wildman–Crippen LogP) is 1.11. The Hall–Kier alpha value is -1.07. The van der Waals surface area contributed by atoms with E-state index in [1.54, 1.807) is 6.07 Å². The second-order valence-corrected chi connectivity index (χ2v) is 3.88. The zero-order valence-corrected chi connectivity index (χ0v) is 8.87. The molecular formula is C9H9BrN2O2. The van der Waals surface area contributed by atoms with Crippen LogP contribution in [0.1, 0.15) is 0 Å². The standard InChI is InChI=1S/C9H9BrN2O2/c10-5-2-1-3-7-8(5)14-4-6(11)9(13)12-7/h1-3,6H,4,11H2,(H,12,13). The lowest BCUT2D eigenvalue weighted by molar-refractivity contribution is -0.117. The first kappa shape index (κ1) is 9.48. The molecule has 1 aliphatic heterocycles. The van der Waals surface area contributed by atoms with Crippen LogP contribution in [0.5, 0.6) is 5.75 Å². The number of benzene rings is 1. The van der Waals surface area contributed by atoms with Crippen molar-refractivity contribution >= 4 is 27.5 Å². The van der Waals surface area contributed by atoms with Crippen molar-refractivity contribution in [3.05, 3.63) is 22.7 Å². The lowest BCUT2D eigenvalue weighted by Crippen LogP contribution is -2.38. The van der Waals surface area contributed by atoms with Crippen LogP contribution >= 0.6 is 15.9 Å². The maximum Gasteiger partial charge on any atom is 0.244 e. The van der Waals surface area contributed by atoms with Gasteiger partial charge in [-0.15, -0.1) is 0 Å². The van der Waals surface area contributed by atoms with Crippen molar-refractivity contribution in [2.75, 3.05) is 11.9 Å². The molecule has 3 N–H and O–H groups in total. The largest absolute Gasteiger partial charge is 0.488 e. The maximum absolute atomic E-state index is 11.4. The summed E-state index contributed by atoms with van der Waals surface area (Å²) >= 11 is 3.34. The molecule has 0 aliphatic carbocycles. The fraction of sp³-hybridized carbons (Fsp3) is 0.222. The smallest absolute Gasteiger partial charge is 0.244 e. The van der Waals surface area contributed by atoms with E-state index < -0.39 is 6.04 Å². The average Bonchev–Trinajstić information content (AvgIpc) is 2.29. The molecule has 0 saturated heterocycles. The Morgan fingerprint density at radius 2 is 2.36 bits per heavy atom. The minimum Gasteiger partial charge on any atom is -0.488 e. The third kappa shape index (κ3) is 1.60. The third-order valence-corrected chi connectivity index (χ3v) is 2.59. The first-order valence-electron chi connectivity index (χ1n) is 4.16. The monoisotopic (exact) mass is 256 g/mol. The molecule has 74 valence electrons. The molecule has 14 heavy (non-hydrogen) atoms. The van der Waals surface area contributed by atoms with Gasteiger partial charge in [-0.2, -0.15) is 0 Å². The normalized spacial score (nSPS) is 20.4. The number of nitrogens with one attached hydrogen (secondary N) is 1. The van der Waals surface area contributed by atoms with E-state index >= 15 is 0 Å². The molecule has 5 heteroatoms. The second kappa shape index (κ2) is 3.59. The number of hydrogen-bond acceptors (Lipinski definition) is 3. The average molecular weight is 257 g/mol. The van der Waals surface area contributed by atoms with E-state index in [0.717, 1.165) is 4.47 Å². The van der Waals surface area contributed by atoms with E-state index in [9.17, 15) is 4.79 Å². The van der Waals surface area contributed by atoms with Crippen LogP contribution in [0.15, 0.2) is 22.7 Å². The van der Waals surface area contributed by atoms with Gasteiger partial charge < -0.3 is 15.8 Å². The number of hydrogen-bond donors (Lipinski definition) is 2. The lowest BCUT2D eigenvalue weighted by atomic mass is 10.3. The molecule has 1 aromatic rings. The van der Waals surface area contributed by atoms with Crippen LogP contribution in [0, 0.1) is 0 Å². The van der Waals surface area contributed by atoms with Crippen LogP contribution in [0.25, 0.3) is 0 Å². The van der Waals surface area contributed by atoms with Crippen molar-refractivity contribution in [3.63, 3.8) is 0 Å². The third-order valence-electron chi connectivity index (χ3n) is 1.97. The topological polar surface area (TPSA) is 64.3 Å². The Morgan fingerprint density at radius 3 is 3.14 bits per heavy atom. The number of carbonyl (C=O) groups is 1. The summed E-state index contributed by atoms with van der Waals surface area (Å²) in [7, 11) is 0. The molecule has 0 saturated carbocycles. The number of fused-ring (bicyclic) bond motifs is 1. The first-order chi connectivity index (χ1) is 6.68. The van der Waals surface area contributed by atoms with E-state index in [0.29, 0.717) is 11.4 Å². The molecule has 1 atom stereocenters. The predicted molar refractivity (Wildman–Crippen MR) is 56.2 cm³/mol. The molecule has 1 aliphatic rings. The number of para-hydroxylation sites is 1. The van der Waals surface area contributed by atoms with Gasteiger partial charge in [0.05, 0.1) is 10.2 Å². The van der Waals surface area contributed by atoms with Crippen molar-refractivity contribution in [1.82, 2.24) is 0 Å². The van der Waals surface area contributed by atoms with Gasteiger partial charge in [-0.25, -0.2) is 0 Å². The van der Waals surface area contributed by atoms with Crippen LogP contribution in [0.4, 0.5) is 5.69 Å². The van der Waals surface area contributed by atoms with Gasteiger partial charge >= 0.3 is 0 Å². The van der Waals surface area contributed by atoms with Crippen LogP contribution in [0.2, 0.25) is 0 Å². The Morgan fingerprint density at radius 1 is 1.57 bits per heavy atom. The number of amides is 1. The van der Waals surface area contributed by atoms with Crippen LogP contribution < -0.4 is 15.8 Å². The van der Waals surface area contributed by atoms with Gasteiger partial charge in [0.25, 0.3) is 0 Å².